The molecule has 3 aliphatic rings. The van der Waals surface area contributed by atoms with Crippen LogP contribution in [0.2, 0.25) is 0 Å². The lowest BCUT2D eigenvalue weighted by Crippen LogP contribution is -2.53. The summed E-state index contributed by atoms with van der Waals surface area (Å²) in [4.78, 5) is 77.2. The van der Waals surface area contributed by atoms with E-state index in [1.807, 2.05) is 61.5 Å². The number of ether oxygens (including phenoxy) is 2. The number of phenols is 1. The van der Waals surface area contributed by atoms with Crippen LogP contribution in [-0.2, 0) is 41.6 Å². The molecule has 0 unspecified atom stereocenters. The van der Waals surface area contributed by atoms with Crippen LogP contribution in [0.4, 0.5) is 5.69 Å². The summed E-state index contributed by atoms with van der Waals surface area (Å²) in [6, 6.07) is 24.3. The van der Waals surface area contributed by atoms with Gasteiger partial charge in [-0.05, 0) is 60.7 Å². The van der Waals surface area contributed by atoms with Crippen molar-refractivity contribution in [1.29, 1.82) is 0 Å². The average molecular weight is 810 g/mol. The highest BCUT2D eigenvalue weighted by Gasteiger charge is 2.68. The Morgan fingerprint density at radius 1 is 0.883 bits per heavy atom. The van der Waals surface area contributed by atoms with Crippen molar-refractivity contribution in [1.82, 2.24) is 28.5 Å². The second-order valence-corrected chi connectivity index (χ2v) is 15.7. The van der Waals surface area contributed by atoms with Gasteiger partial charge in [-0.25, -0.2) is 28.5 Å². The van der Waals surface area contributed by atoms with E-state index in [0.29, 0.717) is 50.5 Å². The van der Waals surface area contributed by atoms with Gasteiger partial charge in [-0.15, -0.1) is 0 Å². The smallest absolute Gasteiger partial charge is 0.347 e. The van der Waals surface area contributed by atoms with Crippen LogP contribution in [-0.4, -0.2) is 59.6 Å². The molecular weight excluding hydrogens is 767 g/mol. The topological polar surface area (TPSA) is 172 Å². The number of carbonyl (C=O) groups excluding carboxylic acids is 2. The van der Waals surface area contributed by atoms with Crippen LogP contribution in [0.5, 0.6) is 17.2 Å². The standard InChI is InChI=1S/C45H43N7O8/c1-25-11-14-29(15-12-25)47-51-40(54)31-22-34-30(39(27-13-16-36(53)26(2)21-27)45(31,42(51)56)28-9-7-6-8-10-28)17-20-50-43(57)49(44(58)52(34)50)19-18-32-41(55)48(3)35-24-38(60-5)37(59-4)23-33(35)46-32/h6-17,21,23-24,31,34,39,47,53H,18-20,22H2,1-5H3/t31-,34+,39-,45+/m0/s1. The summed E-state index contributed by atoms with van der Waals surface area (Å²) in [5, 5.41) is 11.8. The molecule has 15 heteroatoms. The first-order valence-corrected chi connectivity index (χ1v) is 19.7. The number of fused-ring (bicyclic) bond motifs is 5. The summed E-state index contributed by atoms with van der Waals surface area (Å²) in [5.41, 5.74) is 5.34. The van der Waals surface area contributed by atoms with Gasteiger partial charge in [0.25, 0.3) is 17.4 Å². The fourth-order valence-electron chi connectivity index (χ4n) is 9.57. The Kier molecular flexibility index (Phi) is 9.14. The van der Waals surface area contributed by atoms with Crippen molar-refractivity contribution in [3.05, 3.63) is 156 Å². The highest BCUT2D eigenvalue weighted by molar-refractivity contribution is 6.12. The second-order valence-electron chi connectivity index (χ2n) is 15.7. The Bertz CT molecular complexity index is 2960. The number of hydrogen-bond donors (Lipinski definition) is 2. The summed E-state index contributed by atoms with van der Waals surface area (Å²) in [5.74, 6) is -1.75. The van der Waals surface area contributed by atoms with Crippen molar-refractivity contribution in [2.24, 2.45) is 13.0 Å². The van der Waals surface area contributed by atoms with E-state index < -0.39 is 46.5 Å². The molecule has 60 heavy (non-hydrogen) atoms. The van der Waals surface area contributed by atoms with Crippen molar-refractivity contribution >= 4 is 28.5 Å². The Labute approximate surface area is 343 Å². The number of imide groups is 1. The molecule has 2 fully saturated rings. The predicted molar refractivity (Wildman–Crippen MR) is 222 cm³/mol. The molecule has 2 aliphatic heterocycles. The van der Waals surface area contributed by atoms with Crippen LogP contribution in [0.25, 0.3) is 11.0 Å². The summed E-state index contributed by atoms with van der Waals surface area (Å²) >= 11 is 0. The minimum absolute atomic E-state index is 0.0150. The Morgan fingerprint density at radius 3 is 2.30 bits per heavy atom. The third kappa shape index (κ3) is 5.62. The molecule has 4 atom stereocenters. The van der Waals surface area contributed by atoms with E-state index >= 15 is 4.79 Å². The summed E-state index contributed by atoms with van der Waals surface area (Å²) in [6.07, 6.45) is 1.90. The first-order chi connectivity index (χ1) is 28.9. The minimum Gasteiger partial charge on any atom is -0.508 e. The molecule has 0 spiro atoms. The summed E-state index contributed by atoms with van der Waals surface area (Å²) in [6.45, 7) is 3.58. The zero-order chi connectivity index (χ0) is 42.2. The third-order valence-corrected chi connectivity index (χ3v) is 12.5. The Balaban J connectivity index is 1.16. The molecule has 0 radical (unpaired) electrons. The molecule has 9 rings (SSSR count). The Hall–Kier alpha value is -7.16. The maximum absolute atomic E-state index is 15.3. The van der Waals surface area contributed by atoms with Gasteiger partial charge in [0.05, 0.1) is 54.9 Å². The van der Waals surface area contributed by atoms with Crippen LogP contribution in [0.3, 0.4) is 0 Å². The number of anilines is 1. The van der Waals surface area contributed by atoms with Gasteiger partial charge in [0.1, 0.15) is 11.4 Å². The van der Waals surface area contributed by atoms with E-state index in [4.69, 9.17) is 9.47 Å². The van der Waals surface area contributed by atoms with Crippen LogP contribution >= 0.6 is 0 Å². The minimum atomic E-state index is -1.47. The fraction of sp³-hybridized carbons (Fsp3) is 0.289. The highest BCUT2D eigenvalue weighted by Crippen LogP contribution is 2.62. The normalized spacial score (nSPS) is 20.7. The van der Waals surface area contributed by atoms with Crippen molar-refractivity contribution in [3.63, 3.8) is 0 Å². The monoisotopic (exact) mass is 809 g/mol. The lowest BCUT2D eigenvalue weighted by molar-refractivity contribution is -0.138. The Morgan fingerprint density at radius 2 is 1.60 bits per heavy atom. The number of amides is 2. The molecule has 4 aromatic carbocycles. The SMILES string of the molecule is COc1cc2nc(CCn3c(=O)n4n(c3=O)[C@@H]3C[C@H]5C(=O)N(Nc6ccc(C)cc6)C(=O)[C@@]5(c5ccccc5)[C@@H](c5ccc(O)c(C)c5)C3=CC4)c(=O)n(C)c2cc1OC. The first-order valence-electron chi connectivity index (χ1n) is 19.7. The molecule has 1 saturated carbocycles. The van der Waals surface area contributed by atoms with Gasteiger partial charge in [-0.1, -0.05) is 66.2 Å². The van der Waals surface area contributed by atoms with Crippen molar-refractivity contribution in [3.8, 4) is 17.2 Å². The number of hydrazine groups is 1. The lowest BCUT2D eigenvalue weighted by Gasteiger charge is -2.49. The molecule has 1 saturated heterocycles. The quantitative estimate of drug-likeness (QED) is 0.159. The van der Waals surface area contributed by atoms with Gasteiger partial charge in [0.15, 0.2) is 11.5 Å². The molecule has 2 aromatic heterocycles. The fourth-order valence-corrected chi connectivity index (χ4v) is 9.57. The number of aryl methyl sites for hydroxylation is 4. The second kappa shape index (κ2) is 14.3. The molecule has 2 N–H and O–H groups in total. The number of nitrogens with zero attached hydrogens (tertiary/aromatic N) is 6. The number of methoxy groups -OCH3 is 2. The molecule has 15 nitrogen and oxygen atoms in total. The first kappa shape index (κ1) is 38.4. The predicted octanol–water partition coefficient (Wildman–Crippen LogP) is 4.26. The number of carbonyl (C=O) groups is 2. The summed E-state index contributed by atoms with van der Waals surface area (Å²) < 4.78 is 16.2. The van der Waals surface area contributed by atoms with Gasteiger partial charge in [-0.3, -0.25) is 19.8 Å². The third-order valence-electron chi connectivity index (χ3n) is 12.5. The lowest BCUT2D eigenvalue weighted by atomic mass is 9.53. The van der Waals surface area contributed by atoms with E-state index in [-0.39, 0.29) is 42.9 Å². The number of rotatable bonds is 9. The summed E-state index contributed by atoms with van der Waals surface area (Å²) in [7, 11) is 4.62. The average Bonchev–Trinajstić information content (AvgIpc) is 3.63. The van der Waals surface area contributed by atoms with Crippen LogP contribution in [0.15, 0.2) is 111 Å². The van der Waals surface area contributed by atoms with E-state index in [9.17, 15) is 24.3 Å². The zero-order valence-corrected chi connectivity index (χ0v) is 33.7. The van der Waals surface area contributed by atoms with E-state index in [1.54, 1.807) is 50.4 Å². The molecule has 2 amide bonds. The van der Waals surface area contributed by atoms with Crippen LogP contribution in [0, 0.1) is 19.8 Å². The number of benzene rings is 4. The maximum Gasteiger partial charge on any atom is 0.347 e. The number of aromatic hydroxyl groups is 1. The van der Waals surface area contributed by atoms with Gasteiger partial charge >= 0.3 is 11.4 Å². The molecule has 4 heterocycles. The maximum atomic E-state index is 15.3. The number of nitrogens with one attached hydrogen (secondary N) is 1. The number of hydrogen-bond acceptors (Lipinski definition) is 10. The number of allylic oxidation sites excluding steroid dienone is 2. The highest BCUT2D eigenvalue weighted by atomic mass is 16.5. The van der Waals surface area contributed by atoms with E-state index in [0.717, 1.165) is 15.1 Å². The van der Waals surface area contributed by atoms with Gasteiger partial charge in [-0.2, -0.15) is 5.01 Å². The molecule has 1 aliphatic carbocycles. The van der Waals surface area contributed by atoms with Gasteiger partial charge < -0.3 is 19.1 Å². The van der Waals surface area contributed by atoms with Crippen molar-refractivity contribution in [2.75, 3.05) is 19.6 Å². The van der Waals surface area contributed by atoms with Crippen LogP contribution < -0.4 is 31.8 Å². The molecule has 306 valence electrons. The van der Waals surface area contributed by atoms with Crippen LogP contribution in [0.1, 0.15) is 46.3 Å². The van der Waals surface area contributed by atoms with Crippen molar-refractivity contribution < 1.29 is 24.2 Å². The van der Waals surface area contributed by atoms with Gasteiger partial charge in [0, 0.05) is 38.1 Å². The largest absolute Gasteiger partial charge is 0.508 e. The molecule has 6 aromatic rings. The van der Waals surface area contributed by atoms with E-state index in [2.05, 4.69) is 10.4 Å². The molecular formula is C45H43N7O8. The number of phenolic OH excluding ortho intramolecular Hbond substituents is 1. The van der Waals surface area contributed by atoms with Crippen molar-refractivity contribution in [2.45, 2.75) is 57.2 Å². The molecule has 0 bridgehead atoms. The van der Waals surface area contributed by atoms with E-state index in [1.165, 1.54) is 28.2 Å². The zero-order valence-electron chi connectivity index (χ0n) is 33.7. The van der Waals surface area contributed by atoms with Gasteiger partial charge in [0.2, 0.25) is 0 Å². The number of aromatic nitrogens is 5.